The van der Waals surface area contributed by atoms with Crippen LogP contribution in [-0.4, -0.2) is 44.6 Å². The molecule has 0 spiro atoms. The Bertz CT molecular complexity index is 1220. The van der Waals surface area contributed by atoms with Crippen LogP contribution in [0.3, 0.4) is 0 Å². The van der Waals surface area contributed by atoms with Gasteiger partial charge in [-0.25, -0.2) is 4.39 Å². The largest absolute Gasteiger partial charge is 0.481 e. The zero-order chi connectivity index (χ0) is 23.0. The summed E-state index contributed by atoms with van der Waals surface area (Å²) in [4.78, 5) is 54.7. The number of halogens is 1. The lowest BCUT2D eigenvalue weighted by Gasteiger charge is -2.43. The van der Waals surface area contributed by atoms with Crippen molar-refractivity contribution < 1.29 is 23.9 Å². The number of carboxylic acids is 1. The van der Waals surface area contributed by atoms with E-state index in [9.17, 15) is 23.6 Å². The number of carbonyl (C=O) groups excluding carboxylic acids is 2. The predicted octanol–water partition coefficient (Wildman–Crippen LogP) is 2.91. The van der Waals surface area contributed by atoms with Crippen LogP contribution in [0.2, 0.25) is 0 Å². The molecule has 172 valence electrons. The maximum absolute atomic E-state index is 13.7. The van der Waals surface area contributed by atoms with Crippen molar-refractivity contribution in [2.45, 2.75) is 35.5 Å². The summed E-state index contributed by atoms with van der Waals surface area (Å²) in [6, 6.07) is 6.35. The topological polar surface area (TPSA) is 108 Å². The summed E-state index contributed by atoms with van der Waals surface area (Å²) >= 11 is 2.78. The third kappa shape index (κ3) is 3.06. The molecule has 3 fully saturated rings. The molecule has 2 aromatic rings. The predicted molar refractivity (Wildman–Crippen MR) is 118 cm³/mol. The van der Waals surface area contributed by atoms with Crippen LogP contribution in [-0.2, 0) is 14.4 Å². The Morgan fingerprint density at radius 1 is 1.12 bits per heavy atom. The zero-order valence-corrected chi connectivity index (χ0v) is 19.0. The molecule has 1 aromatic carbocycles. The minimum absolute atomic E-state index is 0.00108. The number of nitrogens with zero attached hydrogens (tertiary/aromatic N) is 1. The number of likely N-dealkylation sites (tertiary alicyclic amines) is 1. The maximum Gasteiger partial charge on any atom is 0.305 e. The first-order valence-electron chi connectivity index (χ1n) is 11.1. The van der Waals surface area contributed by atoms with Gasteiger partial charge in [-0.2, -0.15) is 0 Å². The van der Waals surface area contributed by atoms with Crippen LogP contribution in [0.4, 0.5) is 4.39 Å². The van der Waals surface area contributed by atoms with Crippen LogP contribution in [0.25, 0.3) is 0 Å². The molecule has 7 nitrogen and oxygen atoms in total. The van der Waals surface area contributed by atoms with Crippen LogP contribution in [0.1, 0.15) is 35.6 Å². The summed E-state index contributed by atoms with van der Waals surface area (Å²) < 4.78 is 13.7. The molecule has 1 saturated heterocycles. The number of hydrogen-bond donors (Lipinski definition) is 2. The standard InChI is InChI=1S/C23H21FN2O5S2/c24-10-5-3-9(4-6-10)14-15-11-8-12(18(15)32-20-19(14)33-23(31)25-20)17-16(11)21(29)26(22(17)30)7-1-2-13(27)28/h3-6,11-12,14-18H,1-2,7-8H2,(H,25,31)(H,27,28)/t11-,12+,14-,15+,16+,17+,18-/m0/s1. The van der Waals surface area contributed by atoms with E-state index in [1.54, 1.807) is 23.9 Å². The molecule has 6 rings (SSSR count). The van der Waals surface area contributed by atoms with Gasteiger partial charge in [-0.05, 0) is 48.3 Å². The van der Waals surface area contributed by atoms with E-state index in [4.69, 9.17) is 5.11 Å². The molecular weight excluding hydrogens is 467 g/mol. The summed E-state index contributed by atoms with van der Waals surface area (Å²) in [6.45, 7) is 0.140. The molecule has 10 heteroatoms. The molecule has 0 unspecified atom stereocenters. The Morgan fingerprint density at radius 3 is 2.52 bits per heavy atom. The van der Waals surface area contributed by atoms with E-state index in [-0.39, 0.29) is 76.7 Å². The van der Waals surface area contributed by atoms with Crippen molar-refractivity contribution in [1.29, 1.82) is 0 Å². The van der Waals surface area contributed by atoms with E-state index < -0.39 is 11.9 Å². The van der Waals surface area contributed by atoms with Crippen LogP contribution in [0.15, 0.2) is 34.1 Å². The van der Waals surface area contributed by atoms with Gasteiger partial charge in [0.1, 0.15) is 5.82 Å². The van der Waals surface area contributed by atoms with Crippen LogP contribution in [0, 0.1) is 35.4 Å². The highest BCUT2D eigenvalue weighted by Crippen LogP contribution is 2.68. The summed E-state index contributed by atoms with van der Waals surface area (Å²) in [7, 11) is 0. The number of nitrogens with one attached hydrogen (secondary N) is 1. The second kappa shape index (κ2) is 7.53. The molecule has 7 atom stereocenters. The minimum atomic E-state index is -0.945. The highest BCUT2D eigenvalue weighted by molar-refractivity contribution is 8.00. The van der Waals surface area contributed by atoms with Gasteiger partial charge in [0.05, 0.1) is 16.9 Å². The molecule has 3 heterocycles. The van der Waals surface area contributed by atoms with Crippen molar-refractivity contribution in [3.63, 3.8) is 0 Å². The van der Waals surface area contributed by atoms with Gasteiger partial charge in [0.25, 0.3) is 0 Å². The van der Waals surface area contributed by atoms with Crippen molar-refractivity contribution >= 4 is 40.9 Å². The van der Waals surface area contributed by atoms with E-state index in [2.05, 4.69) is 4.98 Å². The number of rotatable bonds is 5. The number of aliphatic carboxylic acids is 1. The Hall–Kier alpha value is -2.46. The number of thioether (sulfide) groups is 1. The number of carbonyl (C=O) groups is 3. The lowest BCUT2D eigenvalue weighted by molar-refractivity contribution is -0.142. The number of thiazole rings is 1. The number of carboxylic acid groups (broad SMARTS) is 1. The molecular formula is C23H21FN2O5S2. The van der Waals surface area contributed by atoms with Gasteiger partial charge in [0.2, 0.25) is 11.8 Å². The van der Waals surface area contributed by atoms with E-state index in [1.165, 1.54) is 28.4 Å². The molecule has 2 amide bonds. The first kappa shape index (κ1) is 21.1. The summed E-state index contributed by atoms with van der Waals surface area (Å²) in [5.74, 6) is -2.44. The number of benzene rings is 1. The molecule has 33 heavy (non-hydrogen) atoms. The van der Waals surface area contributed by atoms with Gasteiger partial charge >= 0.3 is 10.8 Å². The first-order chi connectivity index (χ1) is 15.8. The zero-order valence-electron chi connectivity index (χ0n) is 17.4. The number of fused-ring (bicyclic) bond motifs is 9. The number of H-pyrrole nitrogens is 1. The van der Waals surface area contributed by atoms with Crippen LogP contribution >= 0.6 is 23.1 Å². The molecule has 2 saturated carbocycles. The summed E-state index contributed by atoms with van der Waals surface area (Å²) in [5, 5.41) is 9.82. The Morgan fingerprint density at radius 2 is 1.82 bits per heavy atom. The van der Waals surface area contributed by atoms with Gasteiger partial charge in [0.15, 0.2) is 0 Å². The van der Waals surface area contributed by atoms with Crippen molar-refractivity contribution in [3.8, 4) is 0 Å². The van der Waals surface area contributed by atoms with Gasteiger partial charge in [0, 0.05) is 29.0 Å². The lowest BCUT2D eigenvalue weighted by atomic mass is 9.68. The smallest absolute Gasteiger partial charge is 0.305 e. The average molecular weight is 489 g/mol. The van der Waals surface area contributed by atoms with Crippen LogP contribution < -0.4 is 4.87 Å². The quantitative estimate of drug-likeness (QED) is 0.627. The third-order valence-corrected chi connectivity index (χ3v) is 10.4. The monoisotopic (exact) mass is 488 g/mol. The fraction of sp³-hybridized carbons (Fsp3) is 0.478. The molecule has 1 aromatic heterocycles. The van der Waals surface area contributed by atoms with E-state index in [1.807, 2.05) is 0 Å². The number of imide groups is 1. The highest BCUT2D eigenvalue weighted by atomic mass is 32.2. The number of amides is 2. The Labute approximate surface area is 196 Å². The van der Waals surface area contributed by atoms with E-state index in [0.717, 1.165) is 21.9 Å². The average Bonchev–Trinajstić information content (AvgIpc) is 3.49. The van der Waals surface area contributed by atoms with Crippen molar-refractivity contribution in [1.82, 2.24) is 9.88 Å². The number of aromatic nitrogens is 1. The Balaban J connectivity index is 1.37. The number of aromatic amines is 1. The van der Waals surface area contributed by atoms with Crippen molar-refractivity contribution in [2.75, 3.05) is 6.54 Å². The van der Waals surface area contributed by atoms with Gasteiger partial charge in [-0.3, -0.25) is 24.1 Å². The second-order valence-electron chi connectivity index (χ2n) is 9.34. The van der Waals surface area contributed by atoms with Crippen LogP contribution in [0.5, 0.6) is 0 Å². The first-order valence-corrected chi connectivity index (χ1v) is 12.8. The molecule has 2 N–H and O–H groups in total. The van der Waals surface area contributed by atoms with Gasteiger partial charge in [-0.15, -0.1) is 11.8 Å². The summed E-state index contributed by atoms with van der Waals surface area (Å²) in [6.07, 6.45) is 0.954. The SMILES string of the molecule is O=C(O)CCCN1C(=O)[C@@H]2[C@H]3C[C@@H]([C@@H]4Sc5[nH]c(=O)sc5[C@@H](c5ccc(F)cc5)[C@@H]34)[C@H]2C1=O. The van der Waals surface area contributed by atoms with Crippen molar-refractivity contribution in [3.05, 3.63) is 50.2 Å². The van der Waals surface area contributed by atoms with E-state index >= 15 is 0 Å². The normalized spacial score (nSPS) is 33.8. The molecule has 2 aliphatic carbocycles. The lowest BCUT2D eigenvalue weighted by Crippen LogP contribution is -2.42. The fourth-order valence-corrected chi connectivity index (χ4v) is 9.62. The number of hydrogen-bond acceptors (Lipinski definition) is 6. The van der Waals surface area contributed by atoms with E-state index in [0.29, 0.717) is 0 Å². The third-order valence-electron chi connectivity index (χ3n) is 7.82. The second-order valence-corrected chi connectivity index (χ2v) is 11.5. The molecule has 2 aliphatic heterocycles. The van der Waals surface area contributed by atoms with Gasteiger partial charge in [-0.1, -0.05) is 23.5 Å². The molecule has 2 bridgehead atoms. The van der Waals surface area contributed by atoms with Gasteiger partial charge < -0.3 is 10.1 Å². The maximum atomic E-state index is 13.7. The molecule has 4 aliphatic rings. The summed E-state index contributed by atoms with van der Waals surface area (Å²) in [5.41, 5.74) is 0.919. The highest BCUT2D eigenvalue weighted by Gasteiger charge is 2.69. The van der Waals surface area contributed by atoms with Crippen molar-refractivity contribution in [2.24, 2.45) is 29.6 Å². The Kier molecular flexibility index (Phi) is 4.81. The fourth-order valence-electron chi connectivity index (χ4n) is 6.73. The molecule has 0 radical (unpaired) electrons. The minimum Gasteiger partial charge on any atom is -0.481 e.